The van der Waals surface area contributed by atoms with Gasteiger partial charge in [-0.25, -0.2) is 17.6 Å². The standard InChI is InChI=1S/C18H21F4N3O3/c1-3-27-14-6-5-11(7-15(14)28-4-2)9-23-16(26)10-25-13(18(21)22)8-12(24-25)17(19)20/h5-8,17-18H,3-4,9-10H2,1-2H3,(H,23,26). The van der Waals surface area contributed by atoms with Gasteiger partial charge in [-0.15, -0.1) is 0 Å². The number of amides is 1. The third kappa shape index (κ3) is 5.61. The second-order valence-electron chi connectivity index (χ2n) is 5.68. The van der Waals surface area contributed by atoms with Crippen LogP contribution in [0.25, 0.3) is 0 Å². The molecule has 1 aromatic carbocycles. The number of rotatable bonds is 10. The first-order chi connectivity index (χ1) is 13.3. The number of alkyl halides is 4. The summed E-state index contributed by atoms with van der Waals surface area (Å²) in [5, 5.41) is 5.93. The summed E-state index contributed by atoms with van der Waals surface area (Å²) in [5.41, 5.74) is -0.829. The van der Waals surface area contributed by atoms with Crippen molar-refractivity contribution in [1.82, 2.24) is 15.1 Å². The summed E-state index contributed by atoms with van der Waals surface area (Å²) in [4.78, 5) is 12.1. The Labute approximate surface area is 159 Å². The molecule has 1 N–H and O–H groups in total. The minimum Gasteiger partial charge on any atom is -0.490 e. The quantitative estimate of drug-likeness (QED) is 0.612. The highest BCUT2D eigenvalue weighted by atomic mass is 19.3. The zero-order chi connectivity index (χ0) is 20.7. The van der Waals surface area contributed by atoms with Crippen LogP contribution in [-0.2, 0) is 17.9 Å². The average molecular weight is 403 g/mol. The second kappa shape index (κ2) is 9.95. The van der Waals surface area contributed by atoms with Crippen molar-refractivity contribution in [1.29, 1.82) is 0 Å². The Kier molecular flexibility index (Phi) is 7.65. The molecule has 0 aliphatic carbocycles. The number of carbonyl (C=O) groups is 1. The molecule has 0 radical (unpaired) electrons. The molecule has 2 rings (SSSR count). The van der Waals surface area contributed by atoms with Crippen molar-refractivity contribution in [3.63, 3.8) is 0 Å². The fourth-order valence-electron chi connectivity index (χ4n) is 2.46. The largest absolute Gasteiger partial charge is 0.490 e. The van der Waals surface area contributed by atoms with Crippen LogP contribution in [0.2, 0.25) is 0 Å². The van der Waals surface area contributed by atoms with Crippen LogP contribution in [0.15, 0.2) is 24.3 Å². The Morgan fingerprint density at radius 2 is 1.75 bits per heavy atom. The van der Waals surface area contributed by atoms with Crippen LogP contribution in [-0.4, -0.2) is 28.9 Å². The number of carbonyl (C=O) groups excluding carboxylic acids is 1. The lowest BCUT2D eigenvalue weighted by molar-refractivity contribution is -0.122. The van der Waals surface area contributed by atoms with E-state index in [1.807, 2.05) is 13.8 Å². The minimum absolute atomic E-state index is 0.0955. The maximum absolute atomic E-state index is 13.0. The van der Waals surface area contributed by atoms with E-state index >= 15 is 0 Å². The summed E-state index contributed by atoms with van der Waals surface area (Å²) in [6, 6.07) is 5.72. The molecular weight excluding hydrogens is 382 g/mol. The lowest BCUT2D eigenvalue weighted by Crippen LogP contribution is -2.28. The molecule has 0 aliphatic rings. The van der Waals surface area contributed by atoms with Gasteiger partial charge in [0.25, 0.3) is 12.9 Å². The predicted octanol–water partition coefficient (Wildman–Crippen LogP) is 3.87. The molecule has 10 heteroatoms. The lowest BCUT2D eigenvalue weighted by Gasteiger charge is -2.13. The number of aromatic nitrogens is 2. The summed E-state index contributed by atoms with van der Waals surface area (Å²) in [5.74, 6) is 0.444. The van der Waals surface area contributed by atoms with Gasteiger partial charge in [0, 0.05) is 6.54 Å². The van der Waals surface area contributed by atoms with E-state index in [-0.39, 0.29) is 6.54 Å². The van der Waals surface area contributed by atoms with E-state index in [0.29, 0.717) is 41.0 Å². The van der Waals surface area contributed by atoms with Gasteiger partial charge in [0.2, 0.25) is 5.91 Å². The second-order valence-corrected chi connectivity index (χ2v) is 5.68. The van der Waals surface area contributed by atoms with E-state index < -0.39 is 36.7 Å². The predicted molar refractivity (Wildman–Crippen MR) is 92.8 cm³/mol. The highest BCUT2D eigenvalue weighted by Crippen LogP contribution is 2.28. The first-order valence-electron chi connectivity index (χ1n) is 8.64. The molecule has 0 saturated heterocycles. The number of hydrogen-bond donors (Lipinski definition) is 1. The summed E-state index contributed by atoms with van der Waals surface area (Å²) in [6.07, 6.45) is -6.02. The first-order valence-corrected chi connectivity index (χ1v) is 8.64. The van der Waals surface area contributed by atoms with Crippen molar-refractivity contribution in [3.8, 4) is 11.5 Å². The Bertz CT molecular complexity index is 796. The zero-order valence-electron chi connectivity index (χ0n) is 15.4. The molecule has 1 amide bonds. The van der Waals surface area contributed by atoms with Crippen LogP contribution in [0.1, 0.15) is 43.6 Å². The van der Waals surface area contributed by atoms with Gasteiger partial charge < -0.3 is 14.8 Å². The van der Waals surface area contributed by atoms with Gasteiger partial charge in [-0.3, -0.25) is 9.48 Å². The molecule has 154 valence electrons. The van der Waals surface area contributed by atoms with E-state index in [4.69, 9.17) is 9.47 Å². The highest BCUT2D eigenvalue weighted by molar-refractivity contribution is 5.75. The Morgan fingerprint density at radius 3 is 2.36 bits per heavy atom. The SMILES string of the molecule is CCOc1ccc(CNC(=O)Cn2nc(C(F)F)cc2C(F)F)cc1OCC. The molecular formula is C18H21F4N3O3. The molecule has 0 bridgehead atoms. The fourth-order valence-corrected chi connectivity index (χ4v) is 2.46. The van der Waals surface area contributed by atoms with Crippen LogP contribution in [0.4, 0.5) is 17.6 Å². The monoisotopic (exact) mass is 403 g/mol. The van der Waals surface area contributed by atoms with Crippen LogP contribution in [0.3, 0.4) is 0 Å². The zero-order valence-corrected chi connectivity index (χ0v) is 15.4. The Balaban J connectivity index is 2.03. The first kappa shape index (κ1) is 21.5. The smallest absolute Gasteiger partial charge is 0.282 e. The number of benzene rings is 1. The summed E-state index contributed by atoms with van der Waals surface area (Å²) < 4.78 is 62.8. The summed E-state index contributed by atoms with van der Waals surface area (Å²) in [7, 11) is 0. The molecule has 6 nitrogen and oxygen atoms in total. The van der Waals surface area contributed by atoms with E-state index in [0.717, 1.165) is 0 Å². The van der Waals surface area contributed by atoms with Gasteiger partial charge in [0.1, 0.15) is 17.9 Å². The number of nitrogens with zero attached hydrogens (tertiary/aromatic N) is 2. The van der Waals surface area contributed by atoms with Crippen molar-refractivity contribution in [2.75, 3.05) is 13.2 Å². The molecule has 0 spiro atoms. The number of nitrogens with one attached hydrogen (secondary N) is 1. The molecule has 1 heterocycles. The molecule has 1 aromatic heterocycles. The summed E-state index contributed by atoms with van der Waals surface area (Å²) in [6.45, 7) is 4.06. The van der Waals surface area contributed by atoms with Crippen LogP contribution in [0.5, 0.6) is 11.5 Å². The van der Waals surface area contributed by atoms with E-state index in [1.165, 1.54) is 0 Å². The molecule has 0 saturated carbocycles. The van der Waals surface area contributed by atoms with Gasteiger partial charge in [0.15, 0.2) is 11.5 Å². The van der Waals surface area contributed by atoms with Gasteiger partial charge in [-0.2, -0.15) is 5.10 Å². The van der Waals surface area contributed by atoms with Gasteiger partial charge in [0.05, 0.1) is 13.2 Å². The van der Waals surface area contributed by atoms with Gasteiger partial charge >= 0.3 is 0 Å². The molecule has 0 atom stereocenters. The van der Waals surface area contributed by atoms with Crippen LogP contribution in [0, 0.1) is 0 Å². The number of ether oxygens (including phenoxy) is 2. The normalized spacial score (nSPS) is 11.1. The highest BCUT2D eigenvalue weighted by Gasteiger charge is 2.22. The van der Waals surface area contributed by atoms with Crippen molar-refractivity contribution in [3.05, 3.63) is 41.2 Å². The van der Waals surface area contributed by atoms with Crippen LogP contribution < -0.4 is 14.8 Å². The van der Waals surface area contributed by atoms with Crippen LogP contribution >= 0.6 is 0 Å². The van der Waals surface area contributed by atoms with E-state index in [1.54, 1.807) is 18.2 Å². The van der Waals surface area contributed by atoms with Crippen molar-refractivity contribution >= 4 is 5.91 Å². The van der Waals surface area contributed by atoms with Crippen molar-refractivity contribution in [2.45, 2.75) is 39.8 Å². The lowest BCUT2D eigenvalue weighted by atomic mass is 10.2. The molecule has 0 aliphatic heterocycles. The maximum atomic E-state index is 13.0. The topological polar surface area (TPSA) is 65.4 Å². The van der Waals surface area contributed by atoms with Gasteiger partial charge in [-0.1, -0.05) is 6.07 Å². The molecule has 2 aromatic rings. The molecule has 0 unspecified atom stereocenters. The van der Waals surface area contributed by atoms with Gasteiger partial charge in [-0.05, 0) is 37.6 Å². The van der Waals surface area contributed by atoms with Crippen molar-refractivity contribution < 1.29 is 31.8 Å². The molecule has 0 fully saturated rings. The third-order valence-electron chi connectivity index (χ3n) is 3.67. The number of hydrogen-bond acceptors (Lipinski definition) is 4. The minimum atomic E-state index is -3.02. The van der Waals surface area contributed by atoms with Crippen molar-refractivity contribution in [2.24, 2.45) is 0 Å². The summed E-state index contributed by atoms with van der Waals surface area (Å²) >= 11 is 0. The maximum Gasteiger partial charge on any atom is 0.282 e. The molecule has 28 heavy (non-hydrogen) atoms. The third-order valence-corrected chi connectivity index (χ3v) is 3.67. The average Bonchev–Trinajstić information content (AvgIpc) is 3.06. The Hall–Kier alpha value is -2.78. The Morgan fingerprint density at radius 1 is 1.07 bits per heavy atom. The number of halogens is 4. The fraction of sp³-hybridized carbons (Fsp3) is 0.444. The van der Waals surface area contributed by atoms with E-state index in [2.05, 4.69) is 10.4 Å². The van der Waals surface area contributed by atoms with E-state index in [9.17, 15) is 22.4 Å².